The number of benzene rings is 1. The van der Waals surface area contributed by atoms with Crippen LogP contribution >= 0.6 is 0 Å². The van der Waals surface area contributed by atoms with Crippen molar-refractivity contribution in [1.29, 1.82) is 0 Å². The third-order valence-electron chi connectivity index (χ3n) is 4.44. The van der Waals surface area contributed by atoms with E-state index in [-0.39, 0.29) is 5.95 Å². The average Bonchev–Trinajstić information content (AvgIpc) is 3.18. The lowest BCUT2D eigenvalue weighted by Gasteiger charge is -2.25. The lowest BCUT2D eigenvalue weighted by atomic mass is 10.0. The summed E-state index contributed by atoms with van der Waals surface area (Å²) in [5, 5.41) is 6.61. The first-order valence-corrected chi connectivity index (χ1v) is 8.56. The van der Waals surface area contributed by atoms with Gasteiger partial charge in [-0.15, -0.1) is 5.10 Å². The predicted octanol–water partition coefficient (Wildman–Crippen LogP) is 3.77. The number of fused-ring (bicyclic) bond motifs is 1. The van der Waals surface area contributed by atoms with Crippen molar-refractivity contribution in [3.8, 4) is 11.5 Å². The molecule has 1 N–H and O–H groups in total. The van der Waals surface area contributed by atoms with Crippen LogP contribution in [-0.2, 0) is 6.18 Å². The molecule has 10 heteroatoms. The maximum atomic E-state index is 13.3. The molecule has 0 fully saturated rings. The highest BCUT2D eigenvalue weighted by Crippen LogP contribution is 2.41. The first-order valence-electron chi connectivity index (χ1n) is 8.56. The SMILES string of the molecule is COc1cccc(C2C=C(c3cccnc3)Nc3nc(C(F)(F)F)nn32)c1OC. The Balaban J connectivity index is 1.91. The Bertz CT molecular complexity index is 1060. The Hall–Kier alpha value is -3.56. The number of aromatic nitrogens is 4. The molecule has 7 nitrogen and oxygen atoms in total. The molecule has 1 aliphatic heterocycles. The molecule has 0 saturated heterocycles. The van der Waals surface area contributed by atoms with Crippen LogP contribution in [-0.4, -0.2) is 34.0 Å². The maximum Gasteiger partial charge on any atom is 0.453 e. The van der Waals surface area contributed by atoms with Crippen LogP contribution in [0.25, 0.3) is 5.70 Å². The molecule has 3 heterocycles. The molecule has 0 spiro atoms. The fourth-order valence-corrected chi connectivity index (χ4v) is 3.17. The molecule has 0 amide bonds. The smallest absolute Gasteiger partial charge is 0.453 e. The van der Waals surface area contributed by atoms with Crippen molar-refractivity contribution in [2.75, 3.05) is 19.5 Å². The number of halogens is 3. The lowest BCUT2D eigenvalue weighted by Crippen LogP contribution is -2.21. The topological polar surface area (TPSA) is 74.1 Å². The first kappa shape index (κ1) is 18.8. The molecule has 0 radical (unpaired) electrons. The first-order chi connectivity index (χ1) is 13.9. The summed E-state index contributed by atoms with van der Waals surface area (Å²) in [5.41, 5.74) is 1.83. The average molecular weight is 403 g/mol. The molecular formula is C19H16F3N5O2. The number of ether oxygens (including phenoxy) is 2. The number of nitrogens with zero attached hydrogens (tertiary/aromatic N) is 4. The van der Waals surface area contributed by atoms with Crippen molar-refractivity contribution >= 4 is 11.6 Å². The van der Waals surface area contributed by atoms with Crippen molar-refractivity contribution in [3.63, 3.8) is 0 Å². The molecule has 29 heavy (non-hydrogen) atoms. The summed E-state index contributed by atoms with van der Waals surface area (Å²) in [6.45, 7) is 0. The molecule has 1 aromatic carbocycles. The second-order valence-corrected chi connectivity index (χ2v) is 6.18. The standard InChI is InChI=1S/C19H16F3N5O2/c1-28-15-7-3-6-12(16(15)29-2)14-9-13(11-5-4-8-23-10-11)24-18-25-17(19(20,21)22)26-27(14)18/h3-10,14H,1-2H3,(H,24,25,26). The Morgan fingerprint density at radius 2 is 1.93 bits per heavy atom. The van der Waals surface area contributed by atoms with E-state index in [1.165, 1.54) is 18.9 Å². The van der Waals surface area contributed by atoms with Crippen molar-refractivity contribution < 1.29 is 22.6 Å². The van der Waals surface area contributed by atoms with Gasteiger partial charge in [0.25, 0.3) is 5.82 Å². The Morgan fingerprint density at radius 1 is 1.10 bits per heavy atom. The summed E-state index contributed by atoms with van der Waals surface area (Å²) in [6.07, 6.45) is 0.286. The van der Waals surface area contributed by atoms with E-state index in [1.54, 1.807) is 48.8 Å². The number of rotatable bonds is 4. The second-order valence-electron chi connectivity index (χ2n) is 6.18. The Labute approximate surface area is 163 Å². The van der Waals surface area contributed by atoms with E-state index in [0.717, 1.165) is 0 Å². The van der Waals surface area contributed by atoms with Gasteiger partial charge in [0, 0.05) is 29.2 Å². The second kappa shape index (κ2) is 7.12. The zero-order valence-corrected chi connectivity index (χ0v) is 15.4. The van der Waals surface area contributed by atoms with Gasteiger partial charge in [0.2, 0.25) is 5.95 Å². The molecule has 150 valence electrons. The summed E-state index contributed by atoms with van der Waals surface area (Å²) >= 11 is 0. The molecule has 1 atom stereocenters. The van der Waals surface area contributed by atoms with Gasteiger partial charge in [0.05, 0.1) is 14.2 Å². The van der Waals surface area contributed by atoms with Crippen LogP contribution in [0.2, 0.25) is 0 Å². The molecule has 2 aromatic heterocycles. The van der Waals surface area contributed by atoms with Crippen LogP contribution in [0.5, 0.6) is 11.5 Å². The number of anilines is 1. The number of pyridine rings is 1. The number of hydrogen-bond acceptors (Lipinski definition) is 6. The van der Waals surface area contributed by atoms with E-state index in [2.05, 4.69) is 20.4 Å². The molecular weight excluding hydrogens is 387 g/mol. The molecule has 0 saturated carbocycles. The van der Waals surface area contributed by atoms with Crippen LogP contribution in [0.1, 0.15) is 23.0 Å². The van der Waals surface area contributed by atoms with Gasteiger partial charge in [-0.1, -0.05) is 12.1 Å². The fraction of sp³-hybridized carbons (Fsp3) is 0.211. The molecule has 0 bridgehead atoms. The Morgan fingerprint density at radius 3 is 2.59 bits per heavy atom. The normalized spacial score (nSPS) is 15.9. The van der Waals surface area contributed by atoms with E-state index in [9.17, 15) is 13.2 Å². The third kappa shape index (κ3) is 3.37. The van der Waals surface area contributed by atoms with Gasteiger partial charge in [0.1, 0.15) is 6.04 Å². The van der Waals surface area contributed by atoms with Crippen LogP contribution in [0, 0.1) is 0 Å². The summed E-state index contributed by atoms with van der Waals surface area (Å²) in [6, 6.07) is 8.00. The number of hydrogen-bond donors (Lipinski definition) is 1. The van der Waals surface area contributed by atoms with Crippen LogP contribution in [0.4, 0.5) is 19.1 Å². The fourth-order valence-electron chi connectivity index (χ4n) is 3.17. The van der Waals surface area contributed by atoms with Crippen LogP contribution in [0.3, 0.4) is 0 Å². The Kier molecular flexibility index (Phi) is 4.61. The van der Waals surface area contributed by atoms with E-state index in [1.807, 2.05) is 0 Å². The van der Waals surface area contributed by atoms with E-state index >= 15 is 0 Å². The van der Waals surface area contributed by atoms with Crippen LogP contribution in [0.15, 0.2) is 48.8 Å². The van der Waals surface area contributed by atoms with Crippen LogP contribution < -0.4 is 14.8 Å². The summed E-state index contributed by atoms with van der Waals surface area (Å²) in [4.78, 5) is 7.72. The summed E-state index contributed by atoms with van der Waals surface area (Å²) < 4.78 is 51.7. The van der Waals surface area contributed by atoms with Gasteiger partial charge in [0.15, 0.2) is 11.5 Å². The zero-order chi connectivity index (χ0) is 20.6. The molecule has 1 unspecified atom stereocenters. The minimum absolute atomic E-state index is 0.0337. The van der Waals surface area contributed by atoms with Gasteiger partial charge in [-0.3, -0.25) is 4.98 Å². The zero-order valence-electron chi connectivity index (χ0n) is 15.4. The van der Waals surface area contributed by atoms with Gasteiger partial charge in [-0.05, 0) is 24.3 Å². The molecule has 0 aliphatic carbocycles. The highest BCUT2D eigenvalue weighted by atomic mass is 19.4. The number of nitrogens with one attached hydrogen (secondary N) is 1. The summed E-state index contributed by atoms with van der Waals surface area (Å²) in [7, 11) is 2.96. The minimum Gasteiger partial charge on any atom is -0.493 e. The van der Waals surface area contributed by atoms with Crippen molar-refractivity contribution in [1.82, 2.24) is 19.7 Å². The highest BCUT2D eigenvalue weighted by Gasteiger charge is 2.39. The quantitative estimate of drug-likeness (QED) is 0.715. The number of methoxy groups -OCH3 is 2. The number of alkyl halides is 3. The maximum absolute atomic E-state index is 13.3. The van der Waals surface area contributed by atoms with Gasteiger partial charge in [-0.2, -0.15) is 18.2 Å². The molecule has 3 aromatic rings. The molecule has 1 aliphatic rings. The monoisotopic (exact) mass is 403 g/mol. The van der Waals surface area contributed by atoms with E-state index in [0.29, 0.717) is 28.3 Å². The number of para-hydroxylation sites is 1. The van der Waals surface area contributed by atoms with Crippen molar-refractivity contribution in [2.45, 2.75) is 12.2 Å². The third-order valence-corrected chi connectivity index (χ3v) is 4.44. The minimum atomic E-state index is -4.68. The van der Waals surface area contributed by atoms with Gasteiger partial charge in [-0.25, -0.2) is 4.68 Å². The van der Waals surface area contributed by atoms with E-state index in [4.69, 9.17) is 9.47 Å². The number of allylic oxidation sites excluding steroid dienone is 1. The van der Waals surface area contributed by atoms with Crippen molar-refractivity contribution in [3.05, 3.63) is 65.8 Å². The van der Waals surface area contributed by atoms with Gasteiger partial charge < -0.3 is 14.8 Å². The van der Waals surface area contributed by atoms with Crippen molar-refractivity contribution in [2.24, 2.45) is 0 Å². The highest BCUT2D eigenvalue weighted by molar-refractivity contribution is 5.77. The lowest BCUT2D eigenvalue weighted by molar-refractivity contribution is -0.145. The summed E-state index contributed by atoms with van der Waals surface area (Å²) in [5.74, 6) is -0.405. The largest absolute Gasteiger partial charge is 0.493 e. The molecule has 4 rings (SSSR count). The van der Waals surface area contributed by atoms with Gasteiger partial charge >= 0.3 is 6.18 Å². The van der Waals surface area contributed by atoms with E-state index < -0.39 is 18.0 Å². The predicted molar refractivity (Wildman–Crippen MR) is 98.5 cm³/mol.